The van der Waals surface area contributed by atoms with Crippen molar-refractivity contribution in [2.24, 2.45) is 0 Å². The second-order valence-corrected chi connectivity index (χ2v) is 8.77. The van der Waals surface area contributed by atoms with E-state index in [0.717, 1.165) is 15.6 Å². The molecule has 0 radical (unpaired) electrons. The number of carbonyl (C=O) groups is 1. The van der Waals surface area contributed by atoms with Gasteiger partial charge in [-0.1, -0.05) is 43.3 Å². The number of nitrogens with zero attached hydrogens (tertiary/aromatic N) is 1. The maximum atomic E-state index is 12.9. The van der Waals surface area contributed by atoms with Crippen LogP contribution in [-0.2, 0) is 21.4 Å². The highest BCUT2D eigenvalue weighted by molar-refractivity contribution is 7.89. The molecular weight excluding hydrogens is 368 g/mol. The average molecular weight is 389 g/mol. The quantitative estimate of drug-likeness (QED) is 0.676. The molecule has 0 saturated carbocycles. The van der Waals surface area contributed by atoms with Crippen molar-refractivity contribution in [3.8, 4) is 0 Å². The Labute approximate surface area is 157 Å². The first-order valence-corrected chi connectivity index (χ1v) is 10.6. The molecule has 1 amide bonds. The molecule has 1 heterocycles. The molecule has 7 heteroatoms. The fourth-order valence-electron chi connectivity index (χ4n) is 2.66. The van der Waals surface area contributed by atoms with E-state index in [1.165, 1.54) is 4.31 Å². The van der Waals surface area contributed by atoms with Crippen LogP contribution in [0.1, 0.15) is 11.8 Å². The lowest BCUT2D eigenvalue weighted by Gasteiger charge is -2.20. The van der Waals surface area contributed by atoms with Crippen LogP contribution in [0.5, 0.6) is 0 Å². The van der Waals surface area contributed by atoms with Gasteiger partial charge in [-0.25, -0.2) is 8.42 Å². The largest absolute Gasteiger partial charge is 0.350 e. The number of hydrogen-bond acceptors (Lipinski definition) is 4. The molecule has 3 rings (SSSR count). The van der Waals surface area contributed by atoms with Gasteiger partial charge in [0.05, 0.1) is 18.0 Å². The number of amides is 1. The minimum Gasteiger partial charge on any atom is -0.350 e. The highest BCUT2D eigenvalue weighted by Crippen LogP contribution is 2.21. The van der Waals surface area contributed by atoms with E-state index < -0.39 is 10.0 Å². The number of thiophene rings is 1. The van der Waals surface area contributed by atoms with Crippen LogP contribution in [0.3, 0.4) is 0 Å². The minimum atomic E-state index is -3.73. The summed E-state index contributed by atoms with van der Waals surface area (Å²) in [6, 6.07) is 16.4. The molecule has 0 saturated heterocycles. The lowest BCUT2D eigenvalue weighted by molar-refractivity contribution is -0.121. The van der Waals surface area contributed by atoms with Crippen LogP contribution in [0.15, 0.2) is 64.9 Å². The maximum absolute atomic E-state index is 12.9. The average Bonchev–Trinajstić information content (AvgIpc) is 3.17. The molecule has 0 fully saturated rings. The van der Waals surface area contributed by atoms with Crippen molar-refractivity contribution >= 4 is 38.0 Å². The Kier molecular flexibility index (Phi) is 5.70. The molecule has 0 unspecified atom stereocenters. The standard InChI is InChI=1S/C19H20N2O3S2/c1-2-21(14-19(22)20-13-17-8-5-11-25-17)26(23,24)18-10-9-15-6-3-4-7-16(15)12-18/h3-12H,2,13-14H2,1H3,(H,20,22). The number of carbonyl (C=O) groups excluding carboxylic acids is 1. The zero-order chi connectivity index (χ0) is 18.6. The highest BCUT2D eigenvalue weighted by atomic mass is 32.2. The van der Waals surface area contributed by atoms with Gasteiger partial charge in [0.15, 0.2) is 0 Å². The Morgan fingerprint density at radius 2 is 1.85 bits per heavy atom. The minimum absolute atomic E-state index is 0.197. The third kappa shape index (κ3) is 4.12. The van der Waals surface area contributed by atoms with Gasteiger partial charge >= 0.3 is 0 Å². The Morgan fingerprint density at radius 3 is 2.54 bits per heavy atom. The molecule has 0 bridgehead atoms. The van der Waals surface area contributed by atoms with Crippen LogP contribution >= 0.6 is 11.3 Å². The van der Waals surface area contributed by atoms with Crippen LogP contribution in [-0.4, -0.2) is 31.7 Å². The van der Waals surface area contributed by atoms with Crippen LogP contribution in [0.2, 0.25) is 0 Å². The van der Waals surface area contributed by atoms with Crippen molar-refractivity contribution in [3.63, 3.8) is 0 Å². The summed E-state index contributed by atoms with van der Waals surface area (Å²) in [6.07, 6.45) is 0. The van der Waals surface area contributed by atoms with Crippen LogP contribution in [0.4, 0.5) is 0 Å². The number of sulfonamides is 1. The third-order valence-electron chi connectivity index (χ3n) is 4.07. The molecule has 0 aliphatic carbocycles. The first-order valence-electron chi connectivity index (χ1n) is 8.28. The Balaban J connectivity index is 1.75. The van der Waals surface area contributed by atoms with E-state index in [1.54, 1.807) is 36.5 Å². The summed E-state index contributed by atoms with van der Waals surface area (Å²) in [6.45, 7) is 2.16. The SMILES string of the molecule is CCN(CC(=O)NCc1cccs1)S(=O)(=O)c1ccc2ccccc2c1. The number of nitrogens with one attached hydrogen (secondary N) is 1. The highest BCUT2D eigenvalue weighted by Gasteiger charge is 2.25. The zero-order valence-corrected chi connectivity index (χ0v) is 16.0. The molecule has 0 aliphatic rings. The molecule has 0 atom stereocenters. The van der Waals surface area contributed by atoms with Gasteiger partial charge in [0.2, 0.25) is 15.9 Å². The van der Waals surface area contributed by atoms with Gasteiger partial charge in [0.1, 0.15) is 0 Å². The van der Waals surface area contributed by atoms with Gasteiger partial charge in [-0.15, -0.1) is 11.3 Å². The van der Waals surface area contributed by atoms with Crippen molar-refractivity contribution in [2.75, 3.05) is 13.1 Å². The second kappa shape index (κ2) is 7.99. The molecular formula is C19H20N2O3S2. The molecule has 26 heavy (non-hydrogen) atoms. The Hall–Kier alpha value is -2.22. The molecule has 1 aromatic heterocycles. The summed E-state index contributed by atoms with van der Waals surface area (Å²) < 4.78 is 27.0. The van der Waals surface area contributed by atoms with Gasteiger partial charge < -0.3 is 5.32 Å². The van der Waals surface area contributed by atoms with E-state index in [1.807, 2.05) is 41.8 Å². The van der Waals surface area contributed by atoms with Crippen molar-refractivity contribution in [2.45, 2.75) is 18.4 Å². The van der Waals surface area contributed by atoms with Crippen molar-refractivity contribution in [1.82, 2.24) is 9.62 Å². The molecule has 2 aromatic carbocycles. The van der Waals surface area contributed by atoms with E-state index in [-0.39, 0.29) is 23.9 Å². The fourth-order valence-corrected chi connectivity index (χ4v) is 4.74. The van der Waals surface area contributed by atoms with Gasteiger partial charge in [-0.05, 0) is 34.4 Å². The number of hydrogen-bond donors (Lipinski definition) is 1. The third-order valence-corrected chi connectivity index (χ3v) is 6.86. The summed E-state index contributed by atoms with van der Waals surface area (Å²) in [4.78, 5) is 13.4. The predicted molar refractivity (Wildman–Crippen MR) is 105 cm³/mol. The molecule has 0 aliphatic heterocycles. The van der Waals surface area contributed by atoms with Gasteiger partial charge in [0.25, 0.3) is 0 Å². The number of fused-ring (bicyclic) bond motifs is 1. The molecule has 0 spiro atoms. The van der Waals surface area contributed by atoms with E-state index >= 15 is 0 Å². The van der Waals surface area contributed by atoms with Crippen LogP contribution in [0.25, 0.3) is 10.8 Å². The van der Waals surface area contributed by atoms with E-state index in [2.05, 4.69) is 5.32 Å². The fraction of sp³-hybridized carbons (Fsp3) is 0.211. The number of rotatable bonds is 7. The molecule has 136 valence electrons. The number of likely N-dealkylation sites (N-methyl/N-ethyl adjacent to an activating group) is 1. The summed E-state index contributed by atoms with van der Waals surface area (Å²) in [7, 11) is -3.73. The number of benzene rings is 2. The normalized spacial score (nSPS) is 11.8. The lowest BCUT2D eigenvalue weighted by Crippen LogP contribution is -2.40. The summed E-state index contributed by atoms with van der Waals surface area (Å²) in [5.74, 6) is -0.315. The van der Waals surface area contributed by atoms with Crippen molar-refractivity contribution in [3.05, 3.63) is 64.9 Å². The van der Waals surface area contributed by atoms with E-state index in [0.29, 0.717) is 6.54 Å². The first kappa shape index (κ1) is 18.6. The van der Waals surface area contributed by atoms with Gasteiger partial charge in [0, 0.05) is 11.4 Å². The monoisotopic (exact) mass is 388 g/mol. The lowest BCUT2D eigenvalue weighted by atomic mass is 10.1. The van der Waals surface area contributed by atoms with Gasteiger partial charge in [-0.2, -0.15) is 4.31 Å². The summed E-state index contributed by atoms with van der Waals surface area (Å²) in [5.41, 5.74) is 0. The van der Waals surface area contributed by atoms with Crippen LogP contribution < -0.4 is 5.32 Å². The summed E-state index contributed by atoms with van der Waals surface area (Å²) >= 11 is 1.55. The molecule has 1 N–H and O–H groups in total. The van der Waals surface area contributed by atoms with Crippen LogP contribution in [0, 0.1) is 0 Å². The smallest absolute Gasteiger partial charge is 0.243 e. The van der Waals surface area contributed by atoms with E-state index in [9.17, 15) is 13.2 Å². The van der Waals surface area contributed by atoms with Crippen molar-refractivity contribution in [1.29, 1.82) is 0 Å². The summed E-state index contributed by atoms with van der Waals surface area (Å²) in [5, 5.41) is 6.53. The Morgan fingerprint density at radius 1 is 1.08 bits per heavy atom. The first-order chi connectivity index (χ1) is 12.5. The maximum Gasteiger partial charge on any atom is 0.243 e. The zero-order valence-electron chi connectivity index (χ0n) is 14.4. The molecule has 3 aromatic rings. The second-order valence-electron chi connectivity index (χ2n) is 5.80. The van der Waals surface area contributed by atoms with Crippen molar-refractivity contribution < 1.29 is 13.2 Å². The molecule has 5 nitrogen and oxygen atoms in total. The Bertz CT molecular complexity index is 999. The van der Waals surface area contributed by atoms with E-state index in [4.69, 9.17) is 0 Å². The topological polar surface area (TPSA) is 66.5 Å². The van der Waals surface area contributed by atoms with Gasteiger partial charge in [-0.3, -0.25) is 4.79 Å². The predicted octanol–water partition coefficient (Wildman–Crippen LogP) is 3.23.